The van der Waals surface area contributed by atoms with Crippen molar-refractivity contribution in [1.29, 1.82) is 0 Å². The second-order valence-electron chi connectivity index (χ2n) is 5.71. The number of anilines is 1. The van der Waals surface area contributed by atoms with Crippen molar-refractivity contribution in [2.24, 2.45) is 0 Å². The van der Waals surface area contributed by atoms with Crippen LogP contribution in [0.1, 0.15) is 23.7 Å². The van der Waals surface area contributed by atoms with E-state index >= 15 is 0 Å². The fourth-order valence-electron chi connectivity index (χ4n) is 2.14. The summed E-state index contributed by atoms with van der Waals surface area (Å²) >= 11 is 0. The van der Waals surface area contributed by atoms with Gasteiger partial charge in [0.2, 0.25) is 0 Å². The van der Waals surface area contributed by atoms with E-state index in [4.69, 9.17) is 4.74 Å². The van der Waals surface area contributed by atoms with Gasteiger partial charge in [0.15, 0.2) is 0 Å². The molecule has 0 aliphatic rings. The molecule has 0 heterocycles. The van der Waals surface area contributed by atoms with Crippen LogP contribution in [0.5, 0.6) is 5.75 Å². The summed E-state index contributed by atoms with van der Waals surface area (Å²) < 4.78 is 33.2. The van der Waals surface area contributed by atoms with Crippen molar-refractivity contribution in [3.05, 3.63) is 54.1 Å². The lowest BCUT2D eigenvalue weighted by atomic mass is 10.2. The summed E-state index contributed by atoms with van der Waals surface area (Å²) in [6.07, 6.45) is 0.864. The number of rotatable bonds is 7. The first-order valence-corrected chi connectivity index (χ1v) is 9.39. The van der Waals surface area contributed by atoms with E-state index in [1.54, 1.807) is 50.5 Å². The Kier molecular flexibility index (Phi) is 6.03. The molecule has 0 atom stereocenters. The SMILES string of the molecule is CCCOc1cccc(NS(=O)(=O)c2cccc(C(=O)N(C)C)c2)c1. The topological polar surface area (TPSA) is 75.7 Å². The zero-order valence-corrected chi connectivity index (χ0v) is 15.3. The van der Waals surface area contributed by atoms with Gasteiger partial charge >= 0.3 is 0 Å². The fourth-order valence-corrected chi connectivity index (χ4v) is 3.23. The van der Waals surface area contributed by atoms with Crippen LogP contribution in [0, 0.1) is 0 Å². The lowest BCUT2D eigenvalue weighted by Gasteiger charge is -2.13. The van der Waals surface area contributed by atoms with Gasteiger partial charge in [0.05, 0.1) is 17.2 Å². The molecule has 0 aliphatic carbocycles. The number of ether oxygens (including phenoxy) is 1. The molecule has 7 heteroatoms. The largest absolute Gasteiger partial charge is 0.494 e. The molecule has 1 N–H and O–H groups in total. The van der Waals surface area contributed by atoms with E-state index < -0.39 is 10.0 Å². The third-order valence-corrected chi connectivity index (χ3v) is 4.74. The van der Waals surface area contributed by atoms with Crippen LogP contribution in [0.15, 0.2) is 53.4 Å². The van der Waals surface area contributed by atoms with Gasteiger partial charge in [-0.05, 0) is 36.8 Å². The molecular formula is C18H22N2O4S. The highest BCUT2D eigenvalue weighted by Gasteiger charge is 2.17. The van der Waals surface area contributed by atoms with Crippen LogP contribution in [-0.2, 0) is 10.0 Å². The average molecular weight is 362 g/mol. The van der Waals surface area contributed by atoms with Crippen molar-refractivity contribution in [2.45, 2.75) is 18.2 Å². The molecule has 2 aromatic carbocycles. The molecule has 0 unspecified atom stereocenters. The molecule has 6 nitrogen and oxygen atoms in total. The van der Waals surface area contributed by atoms with E-state index in [9.17, 15) is 13.2 Å². The second kappa shape index (κ2) is 8.02. The molecule has 0 saturated carbocycles. The van der Waals surface area contributed by atoms with Gasteiger partial charge in [-0.2, -0.15) is 0 Å². The number of hydrogen-bond acceptors (Lipinski definition) is 4. The lowest BCUT2D eigenvalue weighted by molar-refractivity contribution is 0.0827. The van der Waals surface area contributed by atoms with Gasteiger partial charge < -0.3 is 9.64 Å². The first-order valence-electron chi connectivity index (χ1n) is 7.91. The highest BCUT2D eigenvalue weighted by Crippen LogP contribution is 2.21. The number of carbonyl (C=O) groups is 1. The van der Waals surface area contributed by atoms with E-state index in [-0.39, 0.29) is 10.8 Å². The van der Waals surface area contributed by atoms with Gasteiger partial charge in [-0.1, -0.05) is 19.1 Å². The van der Waals surface area contributed by atoms with Gasteiger partial charge in [-0.15, -0.1) is 0 Å². The van der Waals surface area contributed by atoms with Crippen LogP contribution in [0.25, 0.3) is 0 Å². The molecule has 1 amide bonds. The molecule has 0 spiro atoms. The lowest BCUT2D eigenvalue weighted by Crippen LogP contribution is -2.22. The quantitative estimate of drug-likeness (QED) is 0.822. The Morgan fingerprint density at radius 1 is 1.12 bits per heavy atom. The molecule has 2 aromatic rings. The van der Waals surface area contributed by atoms with E-state index in [0.717, 1.165) is 6.42 Å². The minimum Gasteiger partial charge on any atom is -0.494 e. The molecule has 0 fully saturated rings. The highest BCUT2D eigenvalue weighted by atomic mass is 32.2. The van der Waals surface area contributed by atoms with Crippen molar-refractivity contribution in [3.8, 4) is 5.75 Å². The van der Waals surface area contributed by atoms with Crippen molar-refractivity contribution >= 4 is 21.6 Å². The number of amides is 1. The Labute approximate surface area is 148 Å². The van der Waals surface area contributed by atoms with Crippen LogP contribution in [-0.4, -0.2) is 39.9 Å². The maximum absolute atomic E-state index is 12.6. The maximum Gasteiger partial charge on any atom is 0.261 e. The first-order chi connectivity index (χ1) is 11.8. The molecule has 134 valence electrons. The predicted molar refractivity (Wildman–Crippen MR) is 97.5 cm³/mol. The Hall–Kier alpha value is -2.54. The summed E-state index contributed by atoms with van der Waals surface area (Å²) in [4.78, 5) is 13.4. The maximum atomic E-state index is 12.6. The Bertz CT molecular complexity index is 848. The standard InChI is InChI=1S/C18H22N2O4S/c1-4-11-24-16-9-6-8-15(13-16)19-25(22,23)17-10-5-7-14(12-17)18(21)20(2)3/h5-10,12-13,19H,4,11H2,1-3H3. The minimum atomic E-state index is -3.81. The summed E-state index contributed by atoms with van der Waals surface area (Å²) in [5.74, 6) is 0.339. The number of nitrogens with one attached hydrogen (secondary N) is 1. The molecule has 2 rings (SSSR count). The van der Waals surface area contributed by atoms with E-state index in [2.05, 4.69) is 4.72 Å². The normalized spacial score (nSPS) is 11.0. The Morgan fingerprint density at radius 2 is 1.84 bits per heavy atom. The van der Waals surface area contributed by atoms with Crippen molar-refractivity contribution in [3.63, 3.8) is 0 Å². The van der Waals surface area contributed by atoms with Crippen LogP contribution in [0.3, 0.4) is 0 Å². The number of benzene rings is 2. The van der Waals surface area contributed by atoms with Crippen LogP contribution in [0.4, 0.5) is 5.69 Å². The van der Waals surface area contributed by atoms with Crippen LogP contribution < -0.4 is 9.46 Å². The molecule has 0 bridgehead atoms. The molecule has 0 aliphatic heterocycles. The van der Waals surface area contributed by atoms with E-state index in [1.807, 2.05) is 6.92 Å². The predicted octanol–water partition coefficient (Wildman–Crippen LogP) is 2.98. The summed E-state index contributed by atoms with van der Waals surface area (Å²) in [5.41, 5.74) is 0.714. The van der Waals surface area contributed by atoms with Gasteiger partial charge in [0.1, 0.15) is 5.75 Å². The van der Waals surface area contributed by atoms with Gasteiger partial charge in [-0.3, -0.25) is 9.52 Å². The number of carbonyl (C=O) groups excluding carboxylic acids is 1. The zero-order chi connectivity index (χ0) is 18.4. The Balaban J connectivity index is 2.25. The van der Waals surface area contributed by atoms with E-state index in [0.29, 0.717) is 23.6 Å². The van der Waals surface area contributed by atoms with Crippen LogP contribution in [0.2, 0.25) is 0 Å². The second-order valence-corrected chi connectivity index (χ2v) is 7.39. The first kappa shape index (κ1) is 18.8. The fraction of sp³-hybridized carbons (Fsp3) is 0.278. The van der Waals surface area contributed by atoms with Crippen molar-refractivity contribution < 1.29 is 17.9 Å². The molecule has 0 aromatic heterocycles. The highest BCUT2D eigenvalue weighted by molar-refractivity contribution is 7.92. The van der Waals surface area contributed by atoms with Gasteiger partial charge in [0.25, 0.3) is 15.9 Å². The summed E-state index contributed by atoms with van der Waals surface area (Å²) in [7, 11) is -0.579. The average Bonchev–Trinajstić information content (AvgIpc) is 2.59. The third kappa shape index (κ3) is 4.96. The monoisotopic (exact) mass is 362 g/mol. The molecule has 0 radical (unpaired) electrons. The summed E-state index contributed by atoms with van der Waals surface area (Å²) in [6, 6.07) is 12.7. The van der Waals surface area contributed by atoms with Crippen molar-refractivity contribution in [1.82, 2.24) is 4.90 Å². The molecule has 0 saturated heterocycles. The third-order valence-electron chi connectivity index (χ3n) is 3.36. The van der Waals surface area contributed by atoms with E-state index in [1.165, 1.54) is 17.0 Å². The molecule has 25 heavy (non-hydrogen) atoms. The summed E-state index contributed by atoms with van der Waals surface area (Å²) in [6.45, 7) is 2.56. The minimum absolute atomic E-state index is 0.0279. The number of hydrogen-bond donors (Lipinski definition) is 1. The smallest absolute Gasteiger partial charge is 0.261 e. The number of nitrogens with zero attached hydrogens (tertiary/aromatic N) is 1. The zero-order valence-electron chi connectivity index (χ0n) is 14.5. The Morgan fingerprint density at radius 3 is 2.52 bits per heavy atom. The van der Waals surface area contributed by atoms with Crippen molar-refractivity contribution in [2.75, 3.05) is 25.4 Å². The molecular weight excluding hydrogens is 340 g/mol. The number of sulfonamides is 1. The summed E-state index contributed by atoms with van der Waals surface area (Å²) in [5, 5.41) is 0. The van der Waals surface area contributed by atoms with Gasteiger partial charge in [-0.25, -0.2) is 8.42 Å². The van der Waals surface area contributed by atoms with Crippen LogP contribution >= 0.6 is 0 Å². The van der Waals surface area contributed by atoms with Gasteiger partial charge in [0, 0.05) is 25.7 Å².